The molecule has 0 unspecified atom stereocenters. The number of carbonyl (C=O) groups is 3. The van der Waals surface area contributed by atoms with Gasteiger partial charge >= 0.3 is 0 Å². The average molecular weight is 649 g/mol. The molecular weight excluding hydrogens is 610 g/mol. The molecule has 10 nitrogen and oxygen atoms in total. The second-order valence-electron chi connectivity index (χ2n) is 11.1. The molecule has 0 bridgehead atoms. The molecule has 0 radical (unpaired) electrons. The van der Waals surface area contributed by atoms with Crippen LogP contribution in [0.15, 0.2) is 45.8 Å². The molecule has 2 aromatic carbocycles. The van der Waals surface area contributed by atoms with Crippen LogP contribution < -0.4 is 4.72 Å². The number of piperazine rings is 1. The van der Waals surface area contributed by atoms with Gasteiger partial charge < -0.3 is 14.7 Å². The molecule has 2 aromatic rings. The van der Waals surface area contributed by atoms with E-state index in [2.05, 4.69) is 25.6 Å². The van der Waals surface area contributed by atoms with Crippen LogP contribution in [0.2, 0.25) is 0 Å². The maximum atomic E-state index is 13.4. The summed E-state index contributed by atoms with van der Waals surface area (Å²) in [4.78, 5) is 46.4. The van der Waals surface area contributed by atoms with Crippen molar-refractivity contribution in [2.75, 3.05) is 52.4 Å². The lowest BCUT2D eigenvalue weighted by molar-refractivity contribution is -0.143. The highest BCUT2D eigenvalue weighted by Gasteiger charge is 2.36. The number of piperidine rings is 1. The molecule has 0 aliphatic carbocycles. The van der Waals surface area contributed by atoms with Crippen molar-refractivity contribution >= 4 is 54.4 Å². The van der Waals surface area contributed by atoms with E-state index in [4.69, 9.17) is 0 Å². The van der Waals surface area contributed by atoms with Gasteiger partial charge in [-0.15, -0.1) is 0 Å². The predicted octanol–water partition coefficient (Wildman–Crippen LogP) is 2.42. The number of benzene rings is 2. The monoisotopic (exact) mass is 647 g/mol. The molecule has 3 aliphatic heterocycles. The van der Waals surface area contributed by atoms with E-state index in [-0.39, 0.29) is 35.2 Å². The molecule has 5 rings (SSSR count). The van der Waals surface area contributed by atoms with Crippen LogP contribution in [0, 0.1) is 0 Å². The van der Waals surface area contributed by atoms with Crippen molar-refractivity contribution in [1.82, 2.24) is 24.3 Å². The maximum Gasteiger partial charge on any atom is 0.242 e. The van der Waals surface area contributed by atoms with Crippen molar-refractivity contribution in [3.63, 3.8) is 0 Å². The third kappa shape index (κ3) is 6.93. The third-order valence-corrected chi connectivity index (χ3v) is 10.4. The molecule has 0 saturated carbocycles. The molecular formula is C29H38BrN5O5S. The van der Waals surface area contributed by atoms with E-state index in [0.29, 0.717) is 45.4 Å². The zero-order valence-corrected chi connectivity index (χ0v) is 25.8. The second-order valence-corrected chi connectivity index (χ2v) is 13.8. The number of carbonyl (C=O) groups excluding carboxylic acids is 3. The van der Waals surface area contributed by atoms with Crippen molar-refractivity contribution in [3.8, 4) is 0 Å². The number of sulfonamides is 1. The Morgan fingerprint density at radius 3 is 2.39 bits per heavy atom. The van der Waals surface area contributed by atoms with E-state index in [1.165, 1.54) is 4.90 Å². The zero-order valence-electron chi connectivity index (χ0n) is 23.4. The van der Waals surface area contributed by atoms with Gasteiger partial charge in [-0.1, -0.05) is 35.0 Å². The lowest BCUT2D eigenvalue weighted by Gasteiger charge is -2.38. The molecule has 0 spiro atoms. The number of nitrogens with zero attached hydrogens (tertiary/aromatic N) is 4. The molecule has 1 N–H and O–H groups in total. The Balaban J connectivity index is 1.17. The van der Waals surface area contributed by atoms with Gasteiger partial charge in [0.1, 0.15) is 6.04 Å². The van der Waals surface area contributed by atoms with Crippen LogP contribution in [-0.4, -0.2) is 110 Å². The number of halogens is 1. The summed E-state index contributed by atoms with van der Waals surface area (Å²) in [5.74, 6) is -0.269. The molecule has 3 saturated heterocycles. The van der Waals surface area contributed by atoms with Crippen LogP contribution in [0.1, 0.15) is 39.0 Å². The molecule has 2 atom stereocenters. The number of nitrogens with one attached hydrogen (secondary N) is 1. The SMILES string of the molecule is CCC(=O)N1CCN(C[C@@H]2CCCN2C(=O)CN2CCC[C@H](NS(=O)(=O)c3ccc4cc(Br)ccc4c3)C2=O)CC1. The molecule has 3 amide bonds. The van der Waals surface area contributed by atoms with Gasteiger partial charge in [-0.05, 0) is 60.7 Å². The molecule has 0 aromatic heterocycles. The first-order valence-corrected chi connectivity index (χ1v) is 16.7. The minimum absolute atomic E-state index is 0.0445. The molecule has 3 heterocycles. The summed E-state index contributed by atoms with van der Waals surface area (Å²) in [7, 11) is -3.93. The van der Waals surface area contributed by atoms with Crippen molar-refractivity contribution < 1.29 is 22.8 Å². The van der Waals surface area contributed by atoms with Crippen LogP contribution in [0.3, 0.4) is 0 Å². The van der Waals surface area contributed by atoms with Crippen LogP contribution in [0.5, 0.6) is 0 Å². The van der Waals surface area contributed by atoms with Gasteiger partial charge in [-0.3, -0.25) is 19.3 Å². The Labute approximate surface area is 250 Å². The fourth-order valence-corrected chi connectivity index (χ4v) is 7.77. The summed E-state index contributed by atoms with van der Waals surface area (Å²) in [6.45, 7) is 6.71. The zero-order chi connectivity index (χ0) is 29.1. The maximum absolute atomic E-state index is 13.4. The lowest BCUT2D eigenvalue weighted by Crippen LogP contribution is -2.56. The minimum Gasteiger partial charge on any atom is -0.340 e. The van der Waals surface area contributed by atoms with E-state index < -0.39 is 16.1 Å². The fraction of sp³-hybridized carbons (Fsp3) is 0.552. The van der Waals surface area contributed by atoms with Crippen LogP contribution in [-0.2, 0) is 24.4 Å². The topological polar surface area (TPSA) is 110 Å². The summed E-state index contributed by atoms with van der Waals surface area (Å²) in [6.07, 6.45) is 3.36. The van der Waals surface area contributed by atoms with Crippen molar-refractivity contribution in [1.29, 1.82) is 0 Å². The van der Waals surface area contributed by atoms with Gasteiger partial charge in [0.15, 0.2) is 0 Å². The van der Waals surface area contributed by atoms with Crippen LogP contribution in [0.25, 0.3) is 10.8 Å². The van der Waals surface area contributed by atoms with Gasteiger partial charge in [-0.2, -0.15) is 4.72 Å². The summed E-state index contributed by atoms with van der Waals surface area (Å²) in [5, 5.41) is 1.69. The summed E-state index contributed by atoms with van der Waals surface area (Å²) < 4.78 is 29.9. The van der Waals surface area contributed by atoms with E-state index >= 15 is 0 Å². The summed E-state index contributed by atoms with van der Waals surface area (Å²) >= 11 is 3.43. The highest BCUT2D eigenvalue weighted by Crippen LogP contribution is 2.24. The normalized spacial score (nSPS) is 22.5. The second kappa shape index (κ2) is 12.8. The Morgan fingerprint density at radius 2 is 1.63 bits per heavy atom. The molecule has 12 heteroatoms. The first-order chi connectivity index (χ1) is 19.6. The highest BCUT2D eigenvalue weighted by molar-refractivity contribution is 9.10. The Hall–Kier alpha value is -2.54. The van der Waals surface area contributed by atoms with E-state index in [0.717, 1.165) is 47.7 Å². The molecule has 3 aliphatic rings. The van der Waals surface area contributed by atoms with E-state index in [9.17, 15) is 22.8 Å². The average Bonchev–Trinajstić information content (AvgIpc) is 3.43. The quantitative estimate of drug-likeness (QED) is 0.471. The number of hydrogen-bond acceptors (Lipinski definition) is 6. The first kappa shape index (κ1) is 29.9. The summed E-state index contributed by atoms with van der Waals surface area (Å²) in [6, 6.07) is 9.69. The predicted molar refractivity (Wildman–Crippen MR) is 160 cm³/mol. The minimum atomic E-state index is -3.93. The largest absolute Gasteiger partial charge is 0.340 e. The Morgan fingerprint density at radius 1 is 0.927 bits per heavy atom. The van der Waals surface area contributed by atoms with Crippen LogP contribution in [0.4, 0.5) is 0 Å². The number of rotatable bonds is 8. The van der Waals surface area contributed by atoms with E-state index in [1.54, 1.807) is 18.2 Å². The number of hydrogen-bond donors (Lipinski definition) is 1. The van der Waals surface area contributed by atoms with Crippen molar-refractivity contribution in [2.45, 2.75) is 56.0 Å². The van der Waals surface area contributed by atoms with Gasteiger partial charge in [0.2, 0.25) is 27.7 Å². The first-order valence-electron chi connectivity index (χ1n) is 14.4. The van der Waals surface area contributed by atoms with Crippen molar-refractivity contribution in [3.05, 3.63) is 40.9 Å². The molecule has 3 fully saturated rings. The smallest absolute Gasteiger partial charge is 0.242 e. The third-order valence-electron chi connectivity index (χ3n) is 8.43. The highest BCUT2D eigenvalue weighted by atomic mass is 79.9. The van der Waals surface area contributed by atoms with Crippen LogP contribution >= 0.6 is 15.9 Å². The molecule has 222 valence electrons. The van der Waals surface area contributed by atoms with Gasteiger partial charge in [-0.25, -0.2) is 8.42 Å². The lowest BCUT2D eigenvalue weighted by atomic mass is 10.1. The van der Waals surface area contributed by atoms with Gasteiger partial charge in [0.25, 0.3) is 0 Å². The van der Waals surface area contributed by atoms with Gasteiger partial charge in [0, 0.05) is 62.7 Å². The number of amides is 3. The number of fused-ring (bicyclic) bond motifs is 1. The summed E-state index contributed by atoms with van der Waals surface area (Å²) in [5.41, 5.74) is 0. The van der Waals surface area contributed by atoms with E-state index in [1.807, 2.05) is 34.9 Å². The Bertz CT molecular complexity index is 1410. The number of likely N-dealkylation sites (tertiary alicyclic amines) is 2. The van der Waals surface area contributed by atoms with Gasteiger partial charge in [0.05, 0.1) is 11.4 Å². The standard InChI is InChI=1S/C29H38BrN5O5S/c1-2-27(36)33-15-13-32(14-16-33)19-24-5-3-12-35(24)28(37)20-34-11-4-6-26(29(34)38)31-41(39,40)25-10-8-21-17-23(30)9-7-22(21)18-25/h7-10,17-18,24,26,31H,2-6,11-16,19-20H2,1H3/t24-,26-/m0/s1. The Kier molecular flexibility index (Phi) is 9.32. The fourth-order valence-electron chi connectivity index (χ4n) is 6.13. The van der Waals surface area contributed by atoms with Crippen molar-refractivity contribution in [2.24, 2.45) is 0 Å². The molecule has 41 heavy (non-hydrogen) atoms.